The highest BCUT2D eigenvalue weighted by molar-refractivity contribution is 9.10. The van der Waals surface area contributed by atoms with Gasteiger partial charge in [-0.2, -0.15) is 0 Å². The number of aryl methyl sites for hydroxylation is 1. The number of rotatable bonds is 0. The van der Waals surface area contributed by atoms with Crippen molar-refractivity contribution in [3.05, 3.63) is 117 Å². The molecule has 4 aromatic carbocycles. The third-order valence-corrected chi connectivity index (χ3v) is 6.88. The average Bonchev–Trinajstić information content (AvgIpc) is 3.16. The molecule has 128 valence electrons. The summed E-state index contributed by atoms with van der Waals surface area (Å²) in [5.41, 5.74) is 12.0. The normalized spacial score (nSPS) is 14.6. The lowest BCUT2D eigenvalue weighted by Gasteiger charge is -2.30. The monoisotopic (exact) mass is 408 g/mol. The summed E-state index contributed by atoms with van der Waals surface area (Å²) in [6.07, 6.45) is 0. The Morgan fingerprint density at radius 2 is 1.22 bits per heavy atom. The van der Waals surface area contributed by atoms with E-state index in [1.165, 1.54) is 54.5 Å². The maximum absolute atomic E-state index is 3.85. The zero-order valence-corrected chi connectivity index (χ0v) is 16.5. The van der Waals surface area contributed by atoms with Gasteiger partial charge in [-0.3, -0.25) is 0 Å². The van der Waals surface area contributed by atoms with Crippen LogP contribution < -0.4 is 0 Å². The van der Waals surface area contributed by atoms with Crippen molar-refractivity contribution in [1.29, 1.82) is 0 Å². The van der Waals surface area contributed by atoms with Gasteiger partial charge in [-0.05, 0) is 51.9 Å². The van der Waals surface area contributed by atoms with E-state index in [2.05, 4.69) is 108 Å². The van der Waals surface area contributed by atoms with Crippen molar-refractivity contribution in [2.45, 2.75) is 12.3 Å². The van der Waals surface area contributed by atoms with Crippen LogP contribution in [0.2, 0.25) is 0 Å². The first kappa shape index (κ1) is 15.4. The second-order valence-electron chi connectivity index (χ2n) is 7.55. The first-order valence-corrected chi connectivity index (χ1v) is 10.1. The molecule has 0 aliphatic heterocycles. The predicted molar refractivity (Wildman–Crippen MR) is 115 cm³/mol. The molecule has 0 fully saturated rings. The summed E-state index contributed by atoms with van der Waals surface area (Å²) in [6.45, 7) is 2.19. The molecule has 0 amide bonds. The molecule has 0 aromatic heterocycles. The van der Waals surface area contributed by atoms with Gasteiger partial charge in [-0.1, -0.05) is 100 Å². The minimum Gasteiger partial charge on any atom is -0.0619 e. The van der Waals surface area contributed by atoms with E-state index in [1.54, 1.807) is 0 Å². The van der Waals surface area contributed by atoms with Gasteiger partial charge in [0.2, 0.25) is 0 Å². The van der Waals surface area contributed by atoms with E-state index < -0.39 is 0 Å². The Hall–Kier alpha value is -2.64. The van der Waals surface area contributed by atoms with Crippen molar-refractivity contribution in [2.75, 3.05) is 0 Å². The molecule has 2 aliphatic carbocycles. The number of benzene rings is 4. The Bertz CT molecular complexity index is 1200. The molecule has 4 aromatic rings. The minimum absolute atomic E-state index is 0.229. The molecular weight excluding hydrogens is 392 g/mol. The lowest BCUT2D eigenvalue weighted by Crippen LogP contribution is -2.25. The van der Waals surface area contributed by atoms with E-state index in [1.807, 2.05) is 0 Å². The van der Waals surface area contributed by atoms with Gasteiger partial charge < -0.3 is 0 Å². The van der Waals surface area contributed by atoms with Gasteiger partial charge in [0.25, 0.3) is 0 Å². The third kappa shape index (κ3) is 1.74. The van der Waals surface area contributed by atoms with Crippen molar-refractivity contribution < 1.29 is 0 Å². The summed E-state index contributed by atoms with van der Waals surface area (Å²) in [6, 6.07) is 31.4. The van der Waals surface area contributed by atoms with Gasteiger partial charge in [-0.25, -0.2) is 0 Å². The molecule has 0 bridgehead atoms. The van der Waals surface area contributed by atoms with Crippen LogP contribution in [0.25, 0.3) is 22.3 Å². The molecule has 6 rings (SSSR count). The number of halogens is 1. The minimum atomic E-state index is -0.229. The van der Waals surface area contributed by atoms with Gasteiger partial charge in [0.05, 0.1) is 5.41 Å². The van der Waals surface area contributed by atoms with E-state index in [9.17, 15) is 0 Å². The third-order valence-electron chi connectivity index (χ3n) is 6.22. The molecule has 0 nitrogen and oxygen atoms in total. The number of hydrogen-bond acceptors (Lipinski definition) is 0. The van der Waals surface area contributed by atoms with E-state index in [0.717, 1.165) is 0 Å². The van der Waals surface area contributed by atoms with Crippen molar-refractivity contribution in [2.24, 2.45) is 0 Å². The molecule has 0 unspecified atom stereocenters. The summed E-state index contributed by atoms with van der Waals surface area (Å²) >= 11 is 3.85. The Kier molecular flexibility index (Phi) is 2.97. The van der Waals surface area contributed by atoms with Gasteiger partial charge in [0, 0.05) is 10.0 Å². The average molecular weight is 409 g/mol. The van der Waals surface area contributed by atoms with Crippen LogP contribution >= 0.6 is 15.9 Å². The Balaban J connectivity index is 1.89. The highest BCUT2D eigenvalue weighted by atomic mass is 79.9. The first-order chi connectivity index (χ1) is 13.2. The maximum atomic E-state index is 3.85. The fourth-order valence-electron chi connectivity index (χ4n) is 5.26. The predicted octanol–water partition coefficient (Wildman–Crippen LogP) is 7.10. The Morgan fingerprint density at radius 1 is 0.593 bits per heavy atom. The molecule has 27 heavy (non-hydrogen) atoms. The lowest BCUT2D eigenvalue weighted by molar-refractivity contribution is 0.792. The van der Waals surface area contributed by atoms with Crippen LogP contribution in [0.3, 0.4) is 0 Å². The quantitative estimate of drug-likeness (QED) is 0.251. The standard InChI is InChI=1S/C26H17Br/c1-16-13-14-19-23(15-16)26(22-11-6-12-24(27)25(19)22)20-9-4-2-7-17(20)18-8-3-5-10-21(18)26/h2-15H,1H3. The van der Waals surface area contributed by atoms with Gasteiger partial charge >= 0.3 is 0 Å². The SMILES string of the molecule is Cc1ccc2c(c1)C1(c3ccccc3-c3ccccc31)c1cccc(Br)c1-2. The maximum Gasteiger partial charge on any atom is 0.0726 e. The molecule has 0 atom stereocenters. The molecule has 1 heteroatoms. The van der Waals surface area contributed by atoms with Crippen molar-refractivity contribution >= 4 is 15.9 Å². The van der Waals surface area contributed by atoms with Crippen LogP contribution in [0.15, 0.2) is 89.4 Å². The molecule has 0 radical (unpaired) electrons. The molecule has 2 aliphatic rings. The molecule has 0 saturated carbocycles. The van der Waals surface area contributed by atoms with E-state index in [4.69, 9.17) is 0 Å². The zero-order valence-electron chi connectivity index (χ0n) is 15.0. The Labute approximate surface area is 167 Å². The zero-order chi connectivity index (χ0) is 18.2. The second kappa shape index (κ2) is 5.21. The van der Waals surface area contributed by atoms with E-state index in [-0.39, 0.29) is 5.41 Å². The summed E-state index contributed by atoms with van der Waals surface area (Å²) in [5.74, 6) is 0. The highest BCUT2D eigenvalue weighted by Crippen LogP contribution is 2.63. The van der Waals surface area contributed by atoms with Crippen LogP contribution in [0.5, 0.6) is 0 Å². The van der Waals surface area contributed by atoms with Crippen LogP contribution in [-0.2, 0) is 5.41 Å². The molecule has 1 spiro atoms. The van der Waals surface area contributed by atoms with Crippen LogP contribution in [0.1, 0.15) is 27.8 Å². The van der Waals surface area contributed by atoms with E-state index >= 15 is 0 Å². The van der Waals surface area contributed by atoms with Crippen LogP contribution in [-0.4, -0.2) is 0 Å². The Morgan fingerprint density at radius 3 is 1.93 bits per heavy atom. The van der Waals surface area contributed by atoms with E-state index in [0.29, 0.717) is 0 Å². The molecular formula is C26H17Br. The topological polar surface area (TPSA) is 0 Å². The van der Waals surface area contributed by atoms with Crippen molar-refractivity contribution in [1.82, 2.24) is 0 Å². The van der Waals surface area contributed by atoms with Crippen molar-refractivity contribution in [3.63, 3.8) is 0 Å². The summed E-state index contributed by atoms with van der Waals surface area (Å²) in [4.78, 5) is 0. The summed E-state index contributed by atoms with van der Waals surface area (Å²) in [5, 5.41) is 0. The van der Waals surface area contributed by atoms with Crippen molar-refractivity contribution in [3.8, 4) is 22.3 Å². The molecule has 0 N–H and O–H groups in total. The second-order valence-corrected chi connectivity index (χ2v) is 8.41. The summed E-state index contributed by atoms with van der Waals surface area (Å²) < 4.78 is 1.17. The van der Waals surface area contributed by atoms with Crippen LogP contribution in [0.4, 0.5) is 0 Å². The highest BCUT2D eigenvalue weighted by Gasteiger charge is 2.51. The van der Waals surface area contributed by atoms with Crippen LogP contribution in [0, 0.1) is 6.92 Å². The molecule has 0 saturated heterocycles. The van der Waals surface area contributed by atoms with Gasteiger partial charge in [0.15, 0.2) is 0 Å². The first-order valence-electron chi connectivity index (χ1n) is 9.33. The lowest BCUT2D eigenvalue weighted by atomic mass is 9.70. The fraction of sp³-hybridized carbons (Fsp3) is 0.0769. The van der Waals surface area contributed by atoms with Gasteiger partial charge in [0.1, 0.15) is 0 Å². The van der Waals surface area contributed by atoms with Gasteiger partial charge in [-0.15, -0.1) is 0 Å². The summed E-state index contributed by atoms with van der Waals surface area (Å²) in [7, 11) is 0. The smallest absolute Gasteiger partial charge is 0.0619 e. The number of fused-ring (bicyclic) bond motifs is 10. The molecule has 0 heterocycles. The fourth-order valence-corrected chi connectivity index (χ4v) is 5.84. The largest absolute Gasteiger partial charge is 0.0726 e. The number of hydrogen-bond donors (Lipinski definition) is 0.